The largest absolute Gasteiger partial charge is 0.496 e. The van der Waals surface area contributed by atoms with Crippen LogP contribution in [0.5, 0.6) is 5.75 Å². The molecule has 4 nitrogen and oxygen atoms in total. The molecule has 6 heteroatoms. The smallest absolute Gasteiger partial charge is 0.244 e. The van der Waals surface area contributed by atoms with E-state index in [2.05, 4.69) is 21.2 Å². The summed E-state index contributed by atoms with van der Waals surface area (Å²) in [5, 5.41) is 2.90. The van der Waals surface area contributed by atoms with Crippen LogP contribution in [0.2, 0.25) is 0 Å². The van der Waals surface area contributed by atoms with Crippen molar-refractivity contribution in [3.63, 3.8) is 0 Å². The first-order valence-corrected chi connectivity index (χ1v) is 8.19. The number of carbonyl (C=O) groups is 1. The molecule has 1 atom stereocenters. The second kappa shape index (κ2) is 9.06. The molecule has 0 saturated carbocycles. The number of methoxy groups -OCH3 is 1. The molecule has 0 spiro atoms. The van der Waals surface area contributed by atoms with Gasteiger partial charge in [0.25, 0.3) is 0 Å². The minimum absolute atomic E-state index is 0. The van der Waals surface area contributed by atoms with Crippen LogP contribution in [0, 0.1) is 0 Å². The normalized spacial score (nSPS) is 12.7. The summed E-state index contributed by atoms with van der Waals surface area (Å²) < 4.78 is 6.26. The van der Waals surface area contributed by atoms with Crippen LogP contribution in [-0.4, -0.2) is 19.6 Å². The van der Waals surface area contributed by atoms with Crippen molar-refractivity contribution in [2.75, 3.05) is 13.7 Å². The summed E-state index contributed by atoms with van der Waals surface area (Å²) in [7, 11) is 1.64. The Balaban J connectivity index is 0.00000288. The molecule has 0 aliphatic rings. The van der Waals surface area contributed by atoms with Gasteiger partial charge in [0.1, 0.15) is 11.3 Å². The highest BCUT2D eigenvalue weighted by Gasteiger charge is 2.30. The number of ether oxygens (including phenoxy) is 1. The maximum absolute atomic E-state index is 12.4. The third-order valence-electron chi connectivity index (χ3n) is 3.79. The average Bonchev–Trinajstić information content (AvgIpc) is 2.55. The van der Waals surface area contributed by atoms with Crippen LogP contribution in [-0.2, 0) is 16.8 Å². The highest BCUT2D eigenvalue weighted by Crippen LogP contribution is 2.21. The Bertz CT molecular complexity index is 675. The third-order valence-corrected chi connectivity index (χ3v) is 4.32. The van der Waals surface area contributed by atoms with Crippen LogP contribution in [0.4, 0.5) is 0 Å². The molecular formula is C18H22BrClN2O2. The molecule has 0 radical (unpaired) electrons. The lowest BCUT2D eigenvalue weighted by molar-refractivity contribution is -0.126. The van der Waals surface area contributed by atoms with Crippen molar-refractivity contribution < 1.29 is 9.53 Å². The number of halogens is 2. The molecule has 0 aliphatic carbocycles. The average molecular weight is 414 g/mol. The van der Waals surface area contributed by atoms with Gasteiger partial charge in [-0.3, -0.25) is 4.79 Å². The maximum atomic E-state index is 12.4. The number of nitrogens with one attached hydrogen (secondary N) is 1. The molecular weight excluding hydrogens is 392 g/mol. The van der Waals surface area contributed by atoms with Gasteiger partial charge in [0.15, 0.2) is 0 Å². The van der Waals surface area contributed by atoms with Crippen molar-refractivity contribution in [1.82, 2.24) is 5.32 Å². The fourth-order valence-electron chi connectivity index (χ4n) is 2.33. The van der Waals surface area contributed by atoms with Crippen LogP contribution in [0.3, 0.4) is 0 Å². The zero-order valence-electron chi connectivity index (χ0n) is 13.7. The number of carbonyl (C=O) groups excluding carboxylic acids is 1. The Labute approximate surface area is 157 Å². The van der Waals surface area contributed by atoms with Gasteiger partial charge in [-0.15, -0.1) is 12.4 Å². The van der Waals surface area contributed by atoms with E-state index in [1.165, 1.54) is 0 Å². The quantitative estimate of drug-likeness (QED) is 0.763. The number of nitrogens with two attached hydrogens (primary N) is 1. The Morgan fingerprint density at radius 2 is 1.83 bits per heavy atom. The van der Waals surface area contributed by atoms with Gasteiger partial charge in [0.2, 0.25) is 5.91 Å². The van der Waals surface area contributed by atoms with Crippen molar-refractivity contribution in [3.8, 4) is 5.75 Å². The fraction of sp³-hybridized carbons (Fsp3) is 0.278. The van der Waals surface area contributed by atoms with Crippen molar-refractivity contribution in [1.29, 1.82) is 0 Å². The lowest BCUT2D eigenvalue weighted by Crippen LogP contribution is -2.49. The van der Waals surface area contributed by atoms with Crippen LogP contribution in [0.25, 0.3) is 0 Å². The second-order valence-electron chi connectivity index (χ2n) is 5.53. The lowest BCUT2D eigenvalue weighted by atomic mass is 9.92. The molecule has 0 bridgehead atoms. The first-order valence-electron chi connectivity index (χ1n) is 7.40. The molecule has 130 valence electrons. The van der Waals surface area contributed by atoms with Crippen LogP contribution < -0.4 is 15.8 Å². The summed E-state index contributed by atoms with van der Waals surface area (Å²) in [4.78, 5) is 12.4. The molecule has 1 amide bonds. The van der Waals surface area contributed by atoms with Gasteiger partial charge < -0.3 is 15.8 Å². The van der Waals surface area contributed by atoms with E-state index >= 15 is 0 Å². The van der Waals surface area contributed by atoms with E-state index in [-0.39, 0.29) is 18.3 Å². The van der Waals surface area contributed by atoms with E-state index in [9.17, 15) is 4.79 Å². The highest BCUT2D eigenvalue weighted by molar-refractivity contribution is 9.10. The molecule has 2 aromatic rings. The molecule has 24 heavy (non-hydrogen) atoms. The summed E-state index contributed by atoms with van der Waals surface area (Å²) in [6.45, 7) is 2.22. The molecule has 1 unspecified atom stereocenters. The van der Waals surface area contributed by atoms with Crippen LogP contribution >= 0.6 is 28.3 Å². The van der Waals surface area contributed by atoms with Gasteiger partial charge in [-0.05, 0) is 42.7 Å². The first-order chi connectivity index (χ1) is 10.9. The molecule has 0 heterocycles. The topological polar surface area (TPSA) is 64.3 Å². The van der Waals surface area contributed by atoms with E-state index in [1.807, 2.05) is 48.5 Å². The Morgan fingerprint density at radius 3 is 2.46 bits per heavy atom. The van der Waals surface area contributed by atoms with Crippen molar-refractivity contribution in [3.05, 3.63) is 64.1 Å². The number of hydrogen-bond donors (Lipinski definition) is 2. The fourth-order valence-corrected chi connectivity index (χ4v) is 2.60. The van der Waals surface area contributed by atoms with Gasteiger partial charge in [0, 0.05) is 11.0 Å². The first kappa shape index (κ1) is 20.5. The minimum atomic E-state index is -1.07. The van der Waals surface area contributed by atoms with Crippen molar-refractivity contribution >= 4 is 34.2 Å². The summed E-state index contributed by atoms with van der Waals surface area (Å²) in [5.74, 6) is 0.625. The van der Waals surface area contributed by atoms with E-state index < -0.39 is 5.54 Å². The third kappa shape index (κ3) is 4.97. The molecule has 0 aliphatic heterocycles. The summed E-state index contributed by atoms with van der Waals surface area (Å²) in [6.07, 6.45) is 0.687. The van der Waals surface area contributed by atoms with Crippen LogP contribution in [0.15, 0.2) is 53.0 Å². The van der Waals surface area contributed by atoms with Crippen molar-refractivity contribution in [2.45, 2.75) is 18.9 Å². The molecule has 0 aromatic heterocycles. The predicted octanol–water partition coefficient (Wildman–Crippen LogP) is 3.41. The number of hydrogen-bond acceptors (Lipinski definition) is 3. The van der Waals surface area contributed by atoms with Gasteiger partial charge in [-0.1, -0.05) is 46.3 Å². The summed E-state index contributed by atoms with van der Waals surface area (Å²) >= 11 is 3.38. The molecule has 0 fully saturated rings. The molecule has 0 saturated heterocycles. The maximum Gasteiger partial charge on any atom is 0.244 e. The predicted molar refractivity (Wildman–Crippen MR) is 103 cm³/mol. The van der Waals surface area contributed by atoms with Crippen molar-refractivity contribution in [2.24, 2.45) is 5.73 Å². The van der Waals surface area contributed by atoms with E-state index in [0.717, 1.165) is 21.3 Å². The number of rotatable bonds is 6. The minimum Gasteiger partial charge on any atom is -0.496 e. The zero-order chi connectivity index (χ0) is 16.9. The van der Waals surface area contributed by atoms with Gasteiger partial charge in [0.05, 0.1) is 7.11 Å². The Morgan fingerprint density at radius 1 is 1.21 bits per heavy atom. The van der Waals surface area contributed by atoms with Gasteiger partial charge in [-0.25, -0.2) is 0 Å². The summed E-state index contributed by atoms with van der Waals surface area (Å²) in [5.41, 5.74) is 6.97. The van der Waals surface area contributed by atoms with Crippen LogP contribution in [0.1, 0.15) is 18.1 Å². The van der Waals surface area contributed by atoms with Gasteiger partial charge in [-0.2, -0.15) is 0 Å². The van der Waals surface area contributed by atoms with E-state index in [4.69, 9.17) is 10.5 Å². The molecule has 3 N–H and O–H groups in total. The standard InChI is InChI=1S/C18H21BrN2O2.ClH/c1-18(20,14-7-9-15(19)10-8-14)17(22)21-12-11-13-5-3-4-6-16(13)23-2;/h3-10H,11-12,20H2,1-2H3,(H,21,22);1H. The Kier molecular flexibility index (Phi) is 7.73. The SMILES string of the molecule is COc1ccccc1CCNC(=O)C(C)(N)c1ccc(Br)cc1.Cl. The Hall–Kier alpha value is -1.56. The zero-order valence-corrected chi connectivity index (χ0v) is 16.1. The van der Waals surface area contributed by atoms with E-state index in [0.29, 0.717) is 13.0 Å². The van der Waals surface area contributed by atoms with E-state index in [1.54, 1.807) is 14.0 Å². The second-order valence-corrected chi connectivity index (χ2v) is 6.44. The van der Waals surface area contributed by atoms with Gasteiger partial charge >= 0.3 is 0 Å². The monoisotopic (exact) mass is 412 g/mol. The highest BCUT2D eigenvalue weighted by atomic mass is 79.9. The summed E-state index contributed by atoms with van der Waals surface area (Å²) in [6, 6.07) is 15.2. The lowest BCUT2D eigenvalue weighted by Gasteiger charge is -2.24. The number of para-hydroxylation sites is 1. The molecule has 2 rings (SSSR count). The number of benzene rings is 2. The number of amides is 1. The molecule has 2 aromatic carbocycles.